The fourth-order valence-corrected chi connectivity index (χ4v) is 0.845. The lowest BCUT2D eigenvalue weighted by Gasteiger charge is -2.03. The second-order valence-electron chi connectivity index (χ2n) is 2.26. The van der Waals surface area contributed by atoms with Crippen molar-refractivity contribution in [2.75, 3.05) is 0 Å². The molecule has 58 valence electrons. The Bertz CT molecular complexity index is 127. The van der Waals surface area contributed by atoms with Gasteiger partial charge in [0.25, 0.3) is 0 Å². The summed E-state index contributed by atoms with van der Waals surface area (Å²) >= 11 is 0. The fourth-order valence-electron chi connectivity index (χ4n) is 0.845. The summed E-state index contributed by atoms with van der Waals surface area (Å²) in [5.41, 5.74) is 0. The lowest BCUT2D eigenvalue weighted by atomic mass is 10.0. The van der Waals surface area contributed by atoms with Crippen LogP contribution in [-0.2, 0) is 4.79 Å². The Morgan fingerprint density at radius 1 is 1.70 bits per heavy atom. The third kappa shape index (κ3) is 3.28. The molecule has 0 aromatic rings. The van der Waals surface area contributed by atoms with Crippen molar-refractivity contribution in [3.05, 3.63) is 12.2 Å². The first kappa shape index (κ1) is 9.21. The number of allylic oxidation sites excluding steroid dienone is 1. The quantitative estimate of drug-likeness (QED) is 0.610. The molecule has 0 aromatic carbocycles. The van der Waals surface area contributed by atoms with E-state index in [-0.39, 0.29) is 5.92 Å². The van der Waals surface area contributed by atoms with Gasteiger partial charge in [-0.25, -0.2) is 0 Å². The number of carboxylic acid groups (broad SMARTS) is 1. The summed E-state index contributed by atoms with van der Waals surface area (Å²) in [6.45, 7) is 3.82. The number of hydrogen-bond acceptors (Lipinski definition) is 1. The van der Waals surface area contributed by atoms with Crippen LogP contribution >= 0.6 is 0 Å². The van der Waals surface area contributed by atoms with E-state index in [0.29, 0.717) is 0 Å². The van der Waals surface area contributed by atoms with Crippen molar-refractivity contribution in [3.8, 4) is 0 Å². The predicted molar refractivity (Wildman–Crippen MR) is 40.8 cm³/mol. The standard InChI is InChI=1S/C8H14O2/c1-3-5-7(6-4-2)8(9)10/h3,5,7H,4,6H2,1-2H3,(H,9,10)/b5-3+/t7-/m1/s1. The molecule has 0 aliphatic carbocycles. The van der Waals surface area contributed by atoms with Crippen LogP contribution in [0.15, 0.2) is 12.2 Å². The van der Waals surface area contributed by atoms with E-state index in [2.05, 4.69) is 0 Å². The first-order valence-electron chi connectivity index (χ1n) is 3.58. The van der Waals surface area contributed by atoms with E-state index in [4.69, 9.17) is 5.11 Å². The zero-order valence-corrected chi connectivity index (χ0v) is 6.50. The third-order valence-electron chi connectivity index (χ3n) is 1.34. The van der Waals surface area contributed by atoms with Crippen LogP contribution in [0.2, 0.25) is 0 Å². The van der Waals surface area contributed by atoms with Gasteiger partial charge in [-0.05, 0) is 13.3 Å². The second kappa shape index (κ2) is 5.03. The molecule has 0 saturated carbocycles. The van der Waals surface area contributed by atoms with E-state index in [0.717, 1.165) is 12.8 Å². The normalized spacial score (nSPS) is 13.8. The van der Waals surface area contributed by atoms with Gasteiger partial charge in [-0.15, -0.1) is 0 Å². The molecule has 0 aromatic heterocycles. The van der Waals surface area contributed by atoms with Gasteiger partial charge in [0.2, 0.25) is 0 Å². The van der Waals surface area contributed by atoms with Crippen molar-refractivity contribution in [2.24, 2.45) is 5.92 Å². The highest BCUT2D eigenvalue weighted by Gasteiger charge is 2.10. The van der Waals surface area contributed by atoms with Gasteiger partial charge in [0.15, 0.2) is 0 Å². The molecular formula is C8H14O2. The van der Waals surface area contributed by atoms with Crippen LogP contribution in [0.4, 0.5) is 0 Å². The van der Waals surface area contributed by atoms with Gasteiger partial charge < -0.3 is 5.11 Å². The topological polar surface area (TPSA) is 37.3 Å². The summed E-state index contributed by atoms with van der Waals surface area (Å²) in [7, 11) is 0. The Morgan fingerprint density at radius 3 is 2.60 bits per heavy atom. The molecule has 0 aliphatic heterocycles. The van der Waals surface area contributed by atoms with Crippen LogP contribution in [0.5, 0.6) is 0 Å². The predicted octanol–water partition coefficient (Wildman–Crippen LogP) is 2.06. The van der Waals surface area contributed by atoms with Gasteiger partial charge in [0, 0.05) is 0 Å². The molecule has 0 radical (unpaired) electrons. The first-order chi connectivity index (χ1) is 4.72. The minimum Gasteiger partial charge on any atom is -0.481 e. The van der Waals surface area contributed by atoms with E-state index >= 15 is 0 Å². The van der Waals surface area contributed by atoms with E-state index in [1.54, 1.807) is 12.2 Å². The number of aliphatic carboxylic acids is 1. The maximum atomic E-state index is 10.4. The second-order valence-corrected chi connectivity index (χ2v) is 2.26. The Morgan fingerprint density at radius 2 is 2.30 bits per heavy atom. The van der Waals surface area contributed by atoms with Crippen LogP contribution in [0.3, 0.4) is 0 Å². The molecule has 2 heteroatoms. The Hall–Kier alpha value is -0.790. The van der Waals surface area contributed by atoms with Gasteiger partial charge >= 0.3 is 5.97 Å². The number of hydrogen-bond donors (Lipinski definition) is 1. The third-order valence-corrected chi connectivity index (χ3v) is 1.34. The van der Waals surface area contributed by atoms with E-state index < -0.39 is 5.97 Å². The molecule has 0 amide bonds. The summed E-state index contributed by atoms with van der Waals surface area (Å²) < 4.78 is 0. The van der Waals surface area contributed by atoms with Crippen molar-refractivity contribution in [1.82, 2.24) is 0 Å². The molecule has 0 heterocycles. The van der Waals surface area contributed by atoms with Gasteiger partial charge in [0.05, 0.1) is 5.92 Å². The van der Waals surface area contributed by atoms with Crippen molar-refractivity contribution in [3.63, 3.8) is 0 Å². The molecule has 0 rings (SSSR count). The Kier molecular flexibility index (Phi) is 4.63. The number of rotatable bonds is 4. The van der Waals surface area contributed by atoms with Crippen molar-refractivity contribution in [2.45, 2.75) is 26.7 Å². The summed E-state index contributed by atoms with van der Waals surface area (Å²) in [6.07, 6.45) is 5.17. The summed E-state index contributed by atoms with van der Waals surface area (Å²) in [5.74, 6) is -1.00. The van der Waals surface area contributed by atoms with Gasteiger partial charge in [-0.2, -0.15) is 0 Å². The molecule has 2 nitrogen and oxygen atoms in total. The van der Waals surface area contributed by atoms with Crippen LogP contribution in [0.25, 0.3) is 0 Å². The first-order valence-corrected chi connectivity index (χ1v) is 3.58. The van der Waals surface area contributed by atoms with E-state index in [1.165, 1.54) is 0 Å². The molecule has 0 aliphatic rings. The molecule has 10 heavy (non-hydrogen) atoms. The minimum atomic E-state index is -0.722. The zero-order valence-electron chi connectivity index (χ0n) is 6.50. The minimum absolute atomic E-state index is 0.282. The van der Waals surface area contributed by atoms with Crippen molar-refractivity contribution in [1.29, 1.82) is 0 Å². The molecule has 1 N–H and O–H groups in total. The van der Waals surface area contributed by atoms with Crippen LogP contribution in [0.1, 0.15) is 26.7 Å². The average Bonchev–Trinajstić information content (AvgIpc) is 1.87. The molecule has 0 fully saturated rings. The highest BCUT2D eigenvalue weighted by atomic mass is 16.4. The van der Waals surface area contributed by atoms with Gasteiger partial charge in [0.1, 0.15) is 0 Å². The highest BCUT2D eigenvalue weighted by molar-refractivity contribution is 5.71. The number of carbonyl (C=O) groups is 1. The molecule has 0 saturated heterocycles. The van der Waals surface area contributed by atoms with Crippen LogP contribution < -0.4 is 0 Å². The van der Waals surface area contributed by atoms with E-state index in [9.17, 15) is 4.79 Å². The number of carboxylic acids is 1. The van der Waals surface area contributed by atoms with Gasteiger partial charge in [-0.3, -0.25) is 4.79 Å². The maximum Gasteiger partial charge on any atom is 0.310 e. The fraction of sp³-hybridized carbons (Fsp3) is 0.625. The smallest absolute Gasteiger partial charge is 0.310 e. The largest absolute Gasteiger partial charge is 0.481 e. The highest BCUT2D eigenvalue weighted by Crippen LogP contribution is 2.07. The molecule has 0 spiro atoms. The lowest BCUT2D eigenvalue weighted by molar-refractivity contribution is -0.140. The van der Waals surface area contributed by atoms with Crippen molar-refractivity contribution < 1.29 is 9.90 Å². The average molecular weight is 142 g/mol. The Labute approximate surface area is 61.6 Å². The summed E-state index contributed by atoms with van der Waals surface area (Å²) in [6, 6.07) is 0. The van der Waals surface area contributed by atoms with E-state index in [1.807, 2.05) is 13.8 Å². The Balaban J connectivity index is 3.85. The van der Waals surface area contributed by atoms with Crippen molar-refractivity contribution >= 4 is 5.97 Å². The molecule has 0 unspecified atom stereocenters. The molecule has 1 atom stereocenters. The SMILES string of the molecule is C/C=C/[C@H](CCC)C(=O)O. The monoisotopic (exact) mass is 142 g/mol. The summed E-state index contributed by atoms with van der Waals surface area (Å²) in [4.78, 5) is 10.4. The molecule has 0 bridgehead atoms. The lowest BCUT2D eigenvalue weighted by Crippen LogP contribution is -2.09. The summed E-state index contributed by atoms with van der Waals surface area (Å²) in [5, 5.41) is 8.58. The van der Waals surface area contributed by atoms with Gasteiger partial charge in [-0.1, -0.05) is 25.5 Å². The molecular weight excluding hydrogens is 128 g/mol. The zero-order chi connectivity index (χ0) is 7.98. The maximum absolute atomic E-state index is 10.4. The van der Waals surface area contributed by atoms with Crippen LogP contribution in [0, 0.1) is 5.92 Å². The van der Waals surface area contributed by atoms with Crippen LogP contribution in [-0.4, -0.2) is 11.1 Å².